The molecule has 0 fully saturated rings. The molecule has 8 nitrogen and oxygen atoms in total. The average Bonchev–Trinajstić information content (AvgIpc) is 3.37. The highest BCUT2D eigenvalue weighted by atomic mass is 35.5. The predicted molar refractivity (Wildman–Crippen MR) is 119 cm³/mol. The van der Waals surface area contributed by atoms with E-state index in [0.717, 1.165) is 16.9 Å². The molecule has 0 aliphatic heterocycles. The minimum atomic E-state index is -0.687. The number of furan rings is 1. The van der Waals surface area contributed by atoms with Crippen LogP contribution in [-0.4, -0.2) is 32.1 Å². The van der Waals surface area contributed by atoms with Crippen molar-refractivity contribution in [2.45, 2.75) is 20.5 Å². The standard InChI is InChI=1S/C22H20ClNO7S/c1-11-6-5-7-14(23)17(11)30-10-13-8-9-15(31-13)19(25)24-20-16(21(26)28-3)12(2)18(32-20)22(27)29-4/h5-9H,10H2,1-4H3,(H,24,25). The highest BCUT2D eigenvalue weighted by Gasteiger charge is 2.27. The van der Waals surface area contributed by atoms with E-state index in [1.54, 1.807) is 19.1 Å². The Morgan fingerprint density at radius 1 is 1.06 bits per heavy atom. The Morgan fingerprint density at radius 3 is 2.44 bits per heavy atom. The van der Waals surface area contributed by atoms with Gasteiger partial charge in [0.1, 0.15) is 28.0 Å². The van der Waals surface area contributed by atoms with Crippen LogP contribution in [0.4, 0.5) is 5.00 Å². The molecule has 0 aliphatic rings. The Labute approximate surface area is 193 Å². The number of halogens is 1. The van der Waals surface area contributed by atoms with Crippen LogP contribution >= 0.6 is 22.9 Å². The van der Waals surface area contributed by atoms with E-state index in [2.05, 4.69) is 5.32 Å². The second kappa shape index (κ2) is 9.88. The zero-order valence-electron chi connectivity index (χ0n) is 17.7. The molecule has 1 N–H and O–H groups in total. The fraction of sp³-hybridized carbons (Fsp3) is 0.227. The van der Waals surface area contributed by atoms with Gasteiger partial charge in [0.15, 0.2) is 5.76 Å². The number of hydrogen-bond acceptors (Lipinski definition) is 8. The molecule has 0 bridgehead atoms. The number of amides is 1. The molecule has 0 atom stereocenters. The largest absolute Gasteiger partial charge is 0.484 e. The highest BCUT2D eigenvalue weighted by molar-refractivity contribution is 7.18. The third-order valence-electron chi connectivity index (χ3n) is 4.54. The number of anilines is 1. The molecule has 3 rings (SSSR count). The van der Waals surface area contributed by atoms with Gasteiger partial charge in [-0.1, -0.05) is 23.7 Å². The number of ether oxygens (including phenoxy) is 3. The lowest BCUT2D eigenvalue weighted by molar-refractivity contribution is 0.0601. The summed E-state index contributed by atoms with van der Waals surface area (Å²) in [6.07, 6.45) is 0. The second-order valence-corrected chi connectivity index (χ2v) is 8.07. The zero-order chi connectivity index (χ0) is 23.4. The number of hydrogen-bond donors (Lipinski definition) is 1. The molecule has 2 aromatic heterocycles. The number of para-hydroxylation sites is 1. The third kappa shape index (κ3) is 4.79. The minimum absolute atomic E-state index is 0.000896. The number of thiophene rings is 1. The first-order valence-electron chi connectivity index (χ1n) is 9.34. The summed E-state index contributed by atoms with van der Waals surface area (Å²) in [6, 6.07) is 8.48. The molecule has 0 aliphatic carbocycles. The summed E-state index contributed by atoms with van der Waals surface area (Å²) in [5.41, 5.74) is 1.30. The maximum atomic E-state index is 12.7. The predicted octanol–water partition coefficient (Wildman–Crippen LogP) is 5.02. The number of methoxy groups -OCH3 is 2. The van der Waals surface area contributed by atoms with Crippen molar-refractivity contribution in [1.29, 1.82) is 0 Å². The fourth-order valence-electron chi connectivity index (χ4n) is 2.92. The van der Waals surface area contributed by atoms with Crippen molar-refractivity contribution in [3.05, 3.63) is 68.4 Å². The summed E-state index contributed by atoms with van der Waals surface area (Å²) in [4.78, 5) is 37.1. The van der Waals surface area contributed by atoms with Crippen molar-refractivity contribution in [2.75, 3.05) is 19.5 Å². The first-order chi connectivity index (χ1) is 15.3. The van der Waals surface area contributed by atoms with Crippen LogP contribution in [0.15, 0.2) is 34.7 Å². The van der Waals surface area contributed by atoms with Gasteiger partial charge in [-0.05, 0) is 43.2 Å². The van der Waals surface area contributed by atoms with Crippen molar-refractivity contribution in [3.8, 4) is 5.75 Å². The quantitative estimate of drug-likeness (QED) is 0.476. The topological polar surface area (TPSA) is 104 Å². The molecule has 0 saturated carbocycles. The molecule has 1 amide bonds. The molecule has 0 spiro atoms. The summed E-state index contributed by atoms with van der Waals surface area (Å²) in [5, 5.41) is 3.23. The molecule has 0 radical (unpaired) electrons. The fourth-order valence-corrected chi connectivity index (χ4v) is 4.31. The van der Waals surface area contributed by atoms with Gasteiger partial charge in [0.05, 0.1) is 24.8 Å². The Kier molecular flexibility index (Phi) is 7.22. The first kappa shape index (κ1) is 23.4. The van der Waals surface area contributed by atoms with Crippen LogP contribution in [0.1, 0.15) is 47.5 Å². The Bertz CT molecular complexity index is 1160. The first-order valence-corrected chi connectivity index (χ1v) is 10.5. The lowest BCUT2D eigenvalue weighted by Crippen LogP contribution is -2.13. The monoisotopic (exact) mass is 477 g/mol. The van der Waals surface area contributed by atoms with Gasteiger partial charge in [-0.25, -0.2) is 9.59 Å². The Hall–Kier alpha value is -3.30. The average molecular weight is 478 g/mol. The molecule has 1 aromatic carbocycles. The maximum absolute atomic E-state index is 12.7. The van der Waals surface area contributed by atoms with Crippen molar-refractivity contribution < 1.29 is 33.0 Å². The third-order valence-corrected chi connectivity index (χ3v) is 6.03. The van der Waals surface area contributed by atoms with E-state index in [9.17, 15) is 14.4 Å². The number of rotatable bonds is 7. The molecule has 0 unspecified atom stereocenters. The Balaban J connectivity index is 1.78. The van der Waals surface area contributed by atoms with E-state index in [4.69, 9.17) is 30.2 Å². The van der Waals surface area contributed by atoms with Crippen LogP contribution in [-0.2, 0) is 16.1 Å². The van der Waals surface area contributed by atoms with E-state index in [1.807, 2.05) is 19.1 Å². The highest BCUT2D eigenvalue weighted by Crippen LogP contribution is 2.34. The lowest BCUT2D eigenvalue weighted by atomic mass is 10.1. The zero-order valence-corrected chi connectivity index (χ0v) is 19.3. The van der Waals surface area contributed by atoms with Crippen LogP contribution in [0.5, 0.6) is 5.75 Å². The van der Waals surface area contributed by atoms with Gasteiger partial charge in [0.25, 0.3) is 5.91 Å². The molecular weight excluding hydrogens is 458 g/mol. The van der Waals surface area contributed by atoms with E-state index < -0.39 is 17.8 Å². The smallest absolute Gasteiger partial charge is 0.348 e. The number of nitrogens with one attached hydrogen (secondary N) is 1. The van der Waals surface area contributed by atoms with Crippen LogP contribution in [0.3, 0.4) is 0 Å². The molecule has 0 saturated heterocycles. The Morgan fingerprint density at radius 2 is 1.78 bits per heavy atom. The molecule has 3 aromatic rings. The van der Waals surface area contributed by atoms with Crippen molar-refractivity contribution in [1.82, 2.24) is 0 Å². The summed E-state index contributed by atoms with van der Waals surface area (Å²) in [6.45, 7) is 3.51. The van der Waals surface area contributed by atoms with Crippen LogP contribution in [0.25, 0.3) is 0 Å². The van der Waals surface area contributed by atoms with E-state index >= 15 is 0 Å². The van der Waals surface area contributed by atoms with Gasteiger partial charge in [0, 0.05) is 0 Å². The number of aryl methyl sites for hydroxylation is 1. The van der Waals surface area contributed by atoms with Gasteiger partial charge < -0.3 is 23.9 Å². The maximum Gasteiger partial charge on any atom is 0.348 e. The summed E-state index contributed by atoms with van der Waals surface area (Å²) in [7, 11) is 2.44. The van der Waals surface area contributed by atoms with Crippen LogP contribution < -0.4 is 10.1 Å². The molecular formula is C22H20ClNO7S. The molecule has 168 valence electrons. The van der Waals surface area contributed by atoms with Gasteiger partial charge in [-0.2, -0.15) is 0 Å². The molecule has 32 heavy (non-hydrogen) atoms. The number of carbonyl (C=O) groups is 3. The lowest BCUT2D eigenvalue weighted by Gasteiger charge is -2.09. The van der Waals surface area contributed by atoms with Crippen molar-refractivity contribution in [2.24, 2.45) is 0 Å². The normalized spacial score (nSPS) is 10.5. The molecule has 10 heteroatoms. The van der Waals surface area contributed by atoms with Crippen molar-refractivity contribution in [3.63, 3.8) is 0 Å². The SMILES string of the molecule is COC(=O)c1sc(NC(=O)c2ccc(COc3c(C)cccc3Cl)o2)c(C(=O)OC)c1C. The van der Waals surface area contributed by atoms with Gasteiger partial charge in [-0.3, -0.25) is 4.79 Å². The van der Waals surface area contributed by atoms with E-state index in [0.29, 0.717) is 22.1 Å². The number of carbonyl (C=O) groups excluding carboxylic acids is 3. The van der Waals surface area contributed by atoms with Crippen molar-refractivity contribution >= 4 is 45.8 Å². The van der Waals surface area contributed by atoms with Gasteiger partial charge in [-0.15, -0.1) is 11.3 Å². The van der Waals surface area contributed by atoms with E-state index in [-0.39, 0.29) is 27.8 Å². The number of esters is 2. The number of benzene rings is 1. The minimum Gasteiger partial charge on any atom is -0.484 e. The van der Waals surface area contributed by atoms with Gasteiger partial charge in [0.2, 0.25) is 0 Å². The van der Waals surface area contributed by atoms with Crippen LogP contribution in [0.2, 0.25) is 5.02 Å². The molecule has 2 heterocycles. The summed E-state index contributed by atoms with van der Waals surface area (Å²) < 4.78 is 20.8. The van der Waals surface area contributed by atoms with Crippen LogP contribution in [0, 0.1) is 13.8 Å². The van der Waals surface area contributed by atoms with Gasteiger partial charge >= 0.3 is 11.9 Å². The second-order valence-electron chi connectivity index (χ2n) is 6.64. The van der Waals surface area contributed by atoms with E-state index in [1.165, 1.54) is 20.3 Å². The summed E-state index contributed by atoms with van der Waals surface area (Å²) in [5.74, 6) is -0.976. The summed E-state index contributed by atoms with van der Waals surface area (Å²) >= 11 is 7.07.